The molecule has 0 aliphatic carbocycles. The Morgan fingerprint density at radius 3 is 0.809 bits per heavy atom. The van der Waals surface area contributed by atoms with E-state index in [0.29, 0.717) is 5.56 Å². The van der Waals surface area contributed by atoms with Crippen LogP contribution >= 0.6 is 56.7 Å². The quantitative estimate of drug-likeness (QED) is 0.169. The van der Waals surface area contributed by atoms with E-state index < -0.39 is 0 Å². The van der Waals surface area contributed by atoms with Crippen LogP contribution in [0.25, 0.3) is 206 Å². The predicted molar refractivity (Wildman–Crippen MR) is 409 cm³/mol. The second-order valence-corrected chi connectivity index (χ2v) is 30.3. The third-order valence-electron chi connectivity index (χ3n) is 20.0. The van der Waals surface area contributed by atoms with Crippen LogP contribution < -0.4 is 0 Å². The number of benzene rings is 14. The van der Waals surface area contributed by atoms with Crippen molar-refractivity contribution in [2.75, 3.05) is 0 Å². The molecule has 0 N–H and O–H groups in total. The van der Waals surface area contributed by atoms with Crippen LogP contribution in [0.1, 0.15) is 5.56 Å². The molecule has 0 aliphatic heterocycles. The molecule has 14 aromatic carbocycles. The van der Waals surface area contributed by atoms with Gasteiger partial charge in [-0.25, -0.2) is 0 Å². The minimum absolute atomic E-state index is 0.599. The van der Waals surface area contributed by atoms with E-state index in [1.165, 1.54) is 101 Å². The average Bonchev–Trinajstić information content (AvgIpc) is 1.45. The molecule has 4 nitrogen and oxygen atoms in total. The number of thiophene rings is 5. The summed E-state index contributed by atoms with van der Waals surface area (Å²) in [6.45, 7) is 0. The Morgan fingerprint density at radius 1 is 0.213 bits per heavy atom. The Kier molecular flexibility index (Phi) is 10.5. The van der Waals surface area contributed by atoms with E-state index in [2.05, 4.69) is 287 Å². The van der Waals surface area contributed by atoms with Crippen molar-refractivity contribution in [3.8, 4) is 45.4 Å². The molecule has 0 atom stereocenters. The topological polar surface area (TPSA) is 38.6 Å². The smallest absolute Gasteiger partial charge is 0.101 e. The number of hydrogen-bond acceptors (Lipinski definition) is 6. The Morgan fingerprint density at radius 2 is 0.479 bits per heavy atom. The Balaban J connectivity index is 1.05. The zero-order valence-corrected chi connectivity index (χ0v) is 53.8. The first-order chi connectivity index (χ1) is 46.6. The number of hydrogen-bond donors (Lipinski definition) is 0. The average molecular weight is 1280 g/mol. The van der Waals surface area contributed by atoms with Gasteiger partial charge in [-0.2, -0.15) is 5.26 Å². The van der Waals surface area contributed by atoms with E-state index in [4.69, 9.17) is 0 Å². The molecule has 434 valence electrons. The van der Waals surface area contributed by atoms with E-state index in [1.807, 2.05) is 56.7 Å². The minimum Gasteiger partial charge on any atom is -0.306 e. The lowest BCUT2D eigenvalue weighted by Gasteiger charge is -2.29. The fourth-order valence-electron chi connectivity index (χ4n) is 16.1. The molecule has 22 rings (SSSR count). The molecule has 0 radical (unpaired) electrons. The molecule has 0 spiro atoms. The number of rotatable bonds is 5. The molecule has 0 saturated carbocycles. The fraction of sp³-hybridized carbons (Fsp3) is 0. The lowest BCUT2D eigenvalue weighted by Crippen LogP contribution is -2.14. The van der Waals surface area contributed by atoms with Crippen molar-refractivity contribution in [2.45, 2.75) is 0 Å². The Labute approximate surface area is 555 Å². The van der Waals surface area contributed by atoms with Gasteiger partial charge in [0.25, 0.3) is 0 Å². The van der Waals surface area contributed by atoms with Crippen LogP contribution in [0.3, 0.4) is 0 Å². The third-order valence-corrected chi connectivity index (χ3v) is 25.8. The largest absolute Gasteiger partial charge is 0.306 e. The van der Waals surface area contributed by atoms with E-state index in [-0.39, 0.29) is 0 Å². The standard InChI is InChI=1S/C85H44N4S5/c86-45-64-81(46-33-35-76-59(37-46)51-20-4-12-28-71(51)90-76)83(87-65-25-9-1-17-48(65)56-39-61-53-22-6-14-30-73(53)92-78(61)42-68(56)87)85(89-67-27-11-3-19-50(67)58-41-63-55-24-8-16-32-75(55)94-80(63)44-70(58)89)84(82(64)47-34-36-77-60(38-47)52-21-5-13-29-72(52)91-77)88-66-26-10-2-18-49(66)57-40-62-54-23-7-15-31-74(54)93-79(62)43-69(57)88/h1-44H. The summed E-state index contributed by atoms with van der Waals surface area (Å²) in [7, 11) is 0. The molecule has 9 heteroatoms. The number of para-hydroxylation sites is 3. The molecular weight excluding hydrogens is 1240 g/mol. The molecule has 8 heterocycles. The zero-order chi connectivity index (χ0) is 61.2. The molecule has 0 unspecified atom stereocenters. The maximum absolute atomic E-state index is 13.2. The summed E-state index contributed by atoms with van der Waals surface area (Å²) in [5, 5.41) is 32.4. The molecule has 0 saturated heterocycles. The van der Waals surface area contributed by atoms with Crippen molar-refractivity contribution in [3.63, 3.8) is 0 Å². The minimum atomic E-state index is 0.599. The van der Waals surface area contributed by atoms with Gasteiger partial charge in [-0.1, -0.05) is 158 Å². The van der Waals surface area contributed by atoms with E-state index in [0.717, 1.165) is 105 Å². The number of nitriles is 1. The number of aromatic nitrogens is 3. The molecule has 22 aromatic rings. The van der Waals surface area contributed by atoms with Crippen LogP contribution in [0.15, 0.2) is 267 Å². The van der Waals surface area contributed by atoms with Crippen LogP contribution in [0, 0.1) is 11.3 Å². The van der Waals surface area contributed by atoms with Crippen molar-refractivity contribution in [2.24, 2.45) is 0 Å². The summed E-state index contributed by atoms with van der Waals surface area (Å²) in [6.07, 6.45) is 0. The van der Waals surface area contributed by atoms with E-state index >= 15 is 0 Å². The van der Waals surface area contributed by atoms with Gasteiger partial charge in [0.05, 0.1) is 55.7 Å². The van der Waals surface area contributed by atoms with Crippen molar-refractivity contribution in [3.05, 3.63) is 272 Å². The van der Waals surface area contributed by atoms with Gasteiger partial charge in [-0.05, 0) is 120 Å². The van der Waals surface area contributed by atoms with Crippen molar-refractivity contribution in [1.82, 2.24) is 13.7 Å². The number of fused-ring (bicyclic) bond motifs is 24. The summed E-state index contributed by atoms with van der Waals surface area (Å²) in [5.41, 5.74) is 13.5. The van der Waals surface area contributed by atoms with Crippen LogP contribution in [0.2, 0.25) is 0 Å². The van der Waals surface area contributed by atoms with E-state index in [9.17, 15) is 5.26 Å². The second kappa shape index (κ2) is 19.1. The Hall–Kier alpha value is -10.9. The van der Waals surface area contributed by atoms with Crippen molar-refractivity contribution < 1.29 is 0 Å². The van der Waals surface area contributed by atoms with Gasteiger partial charge >= 0.3 is 0 Å². The summed E-state index contributed by atoms with van der Waals surface area (Å²) in [4.78, 5) is 0. The van der Waals surface area contributed by atoms with Gasteiger partial charge in [0.2, 0.25) is 0 Å². The molecular formula is C85H44N4S5. The molecule has 0 bridgehead atoms. The lowest BCUT2D eigenvalue weighted by atomic mass is 9.86. The maximum Gasteiger partial charge on any atom is 0.101 e. The van der Waals surface area contributed by atoms with Crippen LogP contribution in [0.4, 0.5) is 0 Å². The first-order valence-electron chi connectivity index (χ1n) is 31.6. The summed E-state index contributed by atoms with van der Waals surface area (Å²) in [5.74, 6) is 0. The highest BCUT2D eigenvalue weighted by Crippen LogP contribution is 2.55. The SMILES string of the molecule is N#Cc1c(-c2ccc3sc4ccccc4c3c2)c(-n2c3ccccc3c3cc4c(cc32)sc2ccccc24)c(-n2c3ccccc3c3cc4c(cc32)sc2ccccc24)c(-n2c3ccccc3c3cc4c(cc32)sc2ccccc24)c1-c1ccc2sc3ccccc3c2c1. The zero-order valence-electron chi connectivity index (χ0n) is 49.7. The van der Waals surface area contributed by atoms with Crippen molar-refractivity contribution in [1.29, 1.82) is 5.26 Å². The lowest BCUT2D eigenvalue weighted by molar-refractivity contribution is 1.05. The molecule has 0 fully saturated rings. The molecule has 94 heavy (non-hydrogen) atoms. The van der Waals surface area contributed by atoms with Crippen molar-refractivity contribution >= 4 is 223 Å². The predicted octanol–water partition coefficient (Wildman–Crippen LogP) is 26.0. The summed E-state index contributed by atoms with van der Waals surface area (Å²) >= 11 is 9.20. The van der Waals surface area contributed by atoms with Gasteiger partial charge in [0.15, 0.2) is 0 Å². The molecule has 0 aliphatic rings. The van der Waals surface area contributed by atoms with Crippen LogP contribution in [0.5, 0.6) is 0 Å². The summed E-state index contributed by atoms with van der Waals surface area (Å²) < 4.78 is 20.0. The van der Waals surface area contributed by atoms with Crippen LogP contribution in [-0.4, -0.2) is 13.7 Å². The monoisotopic (exact) mass is 1280 g/mol. The van der Waals surface area contributed by atoms with E-state index in [1.54, 1.807) is 0 Å². The maximum atomic E-state index is 13.2. The highest BCUT2D eigenvalue weighted by molar-refractivity contribution is 7.27. The fourth-order valence-corrected chi connectivity index (χ4v) is 21.6. The van der Waals surface area contributed by atoms with Gasteiger partial charge < -0.3 is 13.7 Å². The first kappa shape index (κ1) is 51.7. The Bertz CT molecular complexity index is 6880. The molecule has 8 aromatic heterocycles. The van der Waals surface area contributed by atoms with Crippen LogP contribution in [-0.2, 0) is 0 Å². The summed E-state index contributed by atoms with van der Waals surface area (Å²) in [6, 6.07) is 103. The first-order valence-corrected chi connectivity index (χ1v) is 35.7. The normalized spacial score (nSPS) is 12.5. The highest BCUT2D eigenvalue weighted by atomic mass is 32.1. The molecule has 0 amide bonds. The number of nitrogens with zero attached hydrogens (tertiary/aromatic N) is 4. The van der Waals surface area contributed by atoms with Gasteiger partial charge in [-0.15, -0.1) is 56.7 Å². The van der Waals surface area contributed by atoms with Gasteiger partial charge in [-0.3, -0.25) is 0 Å². The third kappa shape index (κ3) is 6.97. The van der Waals surface area contributed by atoms with Gasteiger partial charge in [0, 0.05) is 144 Å². The van der Waals surface area contributed by atoms with Gasteiger partial charge in [0.1, 0.15) is 6.07 Å². The highest BCUT2D eigenvalue weighted by Gasteiger charge is 2.35. The second-order valence-electron chi connectivity index (χ2n) is 24.8.